The molecule has 8 nitrogen and oxygen atoms in total. The van der Waals surface area contributed by atoms with Crippen LogP contribution in [0.4, 0.5) is 13.2 Å². The highest BCUT2D eigenvalue weighted by Crippen LogP contribution is 2.13. The number of nitrogens with two attached hydrogens (primary N) is 1. The number of hydrogen-bond donors (Lipinski definition) is 3. The quantitative estimate of drug-likeness (QED) is 0.429. The van der Waals surface area contributed by atoms with Crippen LogP contribution in [0.5, 0.6) is 0 Å². The zero-order valence-electron chi connectivity index (χ0n) is 8.59. The van der Waals surface area contributed by atoms with Crippen LogP contribution in [0.1, 0.15) is 0 Å². The predicted molar refractivity (Wildman–Crippen MR) is 49.5 cm³/mol. The minimum absolute atomic E-state index is 0.294. The summed E-state index contributed by atoms with van der Waals surface area (Å²) < 4.78 is 31.7. The van der Waals surface area contributed by atoms with E-state index < -0.39 is 24.2 Å². The van der Waals surface area contributed by atoms with E-state index in [0.29, 0.717) is 12.8 Å². The molecule has 1 heterocycles. The first-order valence-electron chi connectivity index (χ1n) is 4.19. The van der Waals surface area contributed by atoms with E-state index in [2.05, 4.69) is 5.10 Å². The zero-order valence-corrected chi connectivity index (χ0v) is 8.59. The Kier molecular flexibility index (Phi) is 5.23. The third kappa shape index (κ3) is 5.25. The Balaban J connectivity index is 0.000000360. The molecule has 0 aromatic heterocycles. The van der Waals surface area contributed by atoms with Gasteiger partial charge in [-0.2, -0.15) is 18.3 Å². The van der Waals surface area contributed by atoms with Gasteiger partial charge < -0.3 is 15.9 Å². The van der Waals surface area contributed by atoms with Crippen molar-refractivity contribution < 1.29 is 37.8 Å². The maximum atomic E-state index is 10.7. The van der Waals surface area contributed by atoms with Gasteiger partial charge in [0.25, 0.3) is 5.91 Å². The second-order valence-electron chi connectivity index (χ2n) is 2.91. The van der Waals surface area contributed by atoms with Crippen molar-refractivity contribution >= 4 is 24.1 Å². The van der Waals surface area contributed by atoms with Crippen molar-refractivity contribution in [1.82, 2.24) is 5.01 Å². The molecule has 0 spiro atoms. The molecule has 102 valence electrons. The fourth-order valence-corrected chi connectivity index (χ4v) is 0.656. The lowest BCUT2D eigenvalue weighted by atomic mass is 10.2. The van der Waals surface area contributed by atoms with Crippen molar-refractivity contribution in [3.8, 4) is 0 Å². The summed E-state index contributed by atoms with van der Waals surface area (Å²) in [6.45, 7) is 0.294. The number of carboxylic acid groups (broad SMARTS) is 2. The molecule has 1 rings (SSSR count). The van der Waals surface area contributed by atoms with Crippen LogP contribution in [0.15, 0.2) is 5.10 Å². The minimum Gasteiger partial charge on any atom is -0.477 e. The molecule has 1 aliphatic heterocycles. The van der Waals surface area contributed by atoms with Crippen LogP contribution in [0, 0.1) is 0 Å². The molecule has 1 amide bonds. The molecule has 1 fully saturated rings. The first-order valence-corrected chi connectivity index (χ1v) is 4.19. The Hall–Kier alpha value is -2.17. The van der Waals surface area contributed by atoms with E-state index in [1.165, 1.54) is 0 Å². The highest BCUT2D eigenvalue weighted by Gasteiger charge is 2.38. The van der Waals surface area contributed by atoms with E-state index >= 15 is 0 Å². The van der Waals surface area contributed by atoms with Crippen molar-refractivity contribution in [3.05, 3.63) is 0 Å². The van der Waals surface area contributed by atoms with Gasteiger partial charge in [-0.3, -0.25) is 4.79 Å². The van der Waals surface area contributed by atoms with Gasteiger partial charge >= 0.3 is 18.1 Å². The third-order valence-electron chi connectivity index (χ3n) is 1.49. The first-order chi connectivity index (χ1) is 8.05. The van der Waals surface area contributed by atoms with Crippen molar-refractivity contribution in [3.63, 3.8) is 0 Å². The van der Waals surface area contributed by atoms with Crippen LogP contribution in [0.25, 0.3) is 0 Å². The van der Waals surface area contributed by atoms with Crippen molar-refractivity contribution in [2.45, 2.75) is 12.2 Å². The minimum atomic E-state index is -5.08. The SMILES string of the molecule is N[C@H]1CN(/N=C\C(=O)O)C1=O.O=C(O)C(F)(F)F. The zero-order chi connectivity index (χ0) is 14.5. The van der Waals surface area contributed by atoms with E-state index in [4.69, 9.17) is 20.7 Å². The number of alkyl halides is 3. The molecule has 1 aliphatic rings. The lowest BCUT2D eigenvalue weighted by Gasteiger charge is -2.30. The molecular formula is C7H8F3N3O5. The molecule has 0 radical (unpaired) electrons. The van der Waals surface area contributed by atoms with Gasteiger partial charge in [-0.1, -0.05) is 0 Å². The predicted octanol–water partition coefficient (Wildman–Crippen LogP) is -1.14. The Morgan fingerprint density at radius 2 is 1.89 bits per heavy atom. The fourth-order valence-electron chi connectivity index (χ4n) is 0.656. The maximum absolute atomic E-state index is 10.7. The Labute approximate surface area is 97.5 Å². The van der Waals surface area contributed by atoms with Gasteiger partial charge in [0.2, 0.25) is 0 Å². The maximum Gasteiger partial charge on any atom is 0.490 e. The van der Waals surface area contributed by atoms with Crippen molar-refractivity contribution in [1.29, 1.82) is 0 Å². The number of halogens is 3. The lowest BCUT2D eigenvalue weighted by Crippen LogP contribution is -2.58. The van der Waals surface area contributed by atoms with E-state index in [-0.39, 0.29) is 5.91 Å². The summed E-state index contributed by atoms with van der Waals surface area (Å²) in [4.78, 5) is 29.5. The summed E-state index contributed by atoms with van der Waals surface area (Å²) in [5, 5.41) is 19.6. The number of rotatable bonds is 2. The number of carbonyl (C=O) groups excluding carboxylic acids is 1. The monoisotopic (exact) mass is 271 g/mol. The summed E-state index contributed by atoms with van der Waals surface area (Å²) in [6, 6.07) is -0.513. The molecular weight excluding hydrogens is 263 g/mol. The number of aliphatic carboxylic acids is 2. The largest absolute Gasteiger partial charge is 0.490 e. The second kappa shape index (κ2) is 5.95. The molecule has 0 aliphatic carbocycles. The molecule has 0 bridgehead atoms. The van der Waals surface area contributed by atoms with Crippen molar-refractivity contribution in [2.75, 3.05) is 6.54 Å². The van der Waals surface area contributed by atoms with Gasteiger partial charge in [0, 0.05) is 0 Å². The molecule has 0 saturated carbocycles. The number of carboxylic acids is 2. The highest BCUT2D eigenvalue weighted by molar-refractivity contribution is 6.22. The van der Waals surface area contributed by atoms with E-state index in [1.807, 2.05) is 0 Å². The van der Waals surface area contributed by atoms with Gasteiger partial charge in [0.05, 0.1) is 6.54 Å². The number of hydrogen-bond acceptors (Lipinski definition) is 5. The van der Waals surface area contributed by atoms with Crippen molar-refractivity contribution in [2.24, 2.45) is 10.8 Å². The third-order valence-corrected chi connectivity index (χ3v) is 1.49. The van der Waals surface area contributed by atoms with Crippen LogP contribution in [-0.2, 0) is 14.4 Å². The molecule has 1 saturated heterocycles. The standard InChI is InChI=1S/C5H7N3O3.C2HF3O2/c6-3-2-8(5(3)11)7-1-4(9)10;3-2(4,5)1(6)7/h1,3H,2,6H2,(H,9,10);(H,6,7)/b7-1-;/t3-;/m0./s1. The van der Waals surface area contributed by atoms with Gasteiger partial charge in [0.1, 0.15) is 12.3 Å². The lowest BCUT2D eigenvalue weighted by molar-refractivity contribution is -0.192. The molecule has 0 unspecified atom stereocenters. The van der Waals surface area contributed by atoms with Crippen LogP contribution in [0.2, 0.25) is 0 Å². The number of amides is 1. The van der Waals surface area contributed by atoms with Crippen LogP contribution in [0.3, 0.4) is 0 Å². The van der Waals surface area contributed by atoms with Crippen LogP contribution < -0.4 is 5.73 Å². The number of hydrazone groups is 1. The molecule has 0 aromatic rings. The molecule has 1 atom stereocenters. The Morgan fingerprint density at radius 3 is 2.11 bits per heavy atom. The normalized spacial score (nSPS) is 19.0. The number of nitrogens with zero attached hydrogens (tertiary/aromatic N) is 2. The highest BCUT2D eigenvalue weighted by atomic mass is 19.4. The Morgan fingerprint density at radius 1 is 1.44 bits per heavy atom. The average molecular weight is 271 g/mol. The second-order valence-corrected chi connectivity index (χ2v) is 2.91. The van der Waals surface area contributed by atoms with Gasteiger partial charge in [-0.15, -0.1) is 0 Å². The summed E-state index contributed by atoms with van der Waals surface area (Å²) in [5.74, 6) is -4.28. The van der Waals surface area contributed by atoms with E-state index in [1.54, 1.807) is 0 Å². The van der Waals surface area contributed by atoms with Gasteiger partial charge in [-0.25, -0.2) is 14.6 Å². The van der Waals surface area contributed by atoms with Gasteiger partial charge in [-0.05, 0) is 0 Å². The number of carbonyl (C=O) groups is 3. The number of β-lactam (4-membered cyclic amide) rings is 1. The van der Waals surface area contributed by atoms with Crippen LogP contribution >= 0.6 is 0 Å². The summed E-state index contributed by atoms with van der Waals surface area (Å²) in [7, 11) is 0. The smallest absolute Gasteiger partial charge is 0.477 e. The molecule has 0 aromatic carbocycles. The summed E-state index contributed by atoms with van der Waals surface area (Å²) in [5.41, 5.74) is 5.21. The topological polar surface area (TPSA) is 133 Å². The summed E-state index contributed by atoms with van der Waals surface area (Å²) in [6.07, 6.45) is -4.43. The molecule has 18 heavy (non-hydrogen) atoms. The fraction of sp³-hybridized carbons (Fsp3) is 0.429. The van der Waals surface area contributed by atoms with E-state index in [0.717, 1.165) is 5.01 Å². The average Bonchev–Trinajstić information content (AvgIpc) is 2.22. The van der Waals surface area contributed by atoms with Crippen LogP contribution in [-0.4, -0.2) is 58.0 Å². The molecule has 11 heteroatoms. The Bertz CT molecular complexity index is 381. The van der Waals surface area contributed by atoms with E-state index in [9.17, 15) is 22.8 Å². The van der Waals surface area contributed by atoms with Gasteiger partial charge in [0.15, 0.2) is 0 Å². The molecule has 4 N–H and O–H groups in total. The summed E-state index contributed by atoms with van der Waals surface area (Å²) >= 11 is 0. The first kappa shape index (κ1) is 15.8.